The van der Waals surface area contributed by atoms with E-state index in [2.05, 4.69) is 48.9 Å². The first-order valence-electron chi connectivity index (χ1n) is 14.1. The Kier molecular flexibility index (Phi) is 9.36. The number of fused-ring (bicyclic) bond motifs is 4. The first-order chi connectivity index (χ1) is 19.0. The third-order valence-corrected chi connectivity index (χ3v) is 8.31. The smallest absolute Gasteiger partial charge is 0.159 e. The average Bonchev–Trinajstić information content (AvgIpc) is 3.74. The fourth-order valence-electron chi connectivity index (χ4n) is 5.26. The molecule has 1 fully saturated rings. The van der Waals surface area contributed by atoms with Crippen LogP contribution in [0.2, 0.25) is 0 Å². The van der Waals surface area contributed by atoms with Crippen LogP contribution in [0.15, 0.2) is 18.3 Å². The molecule has 0 saturated carbocycles. The van der Waals surface area contributed by atoms with Crippen LogP contribution in [-0.2, 0) is 24.4 Å². The molecule has 1 saturated heterocycles. The van der Waals surface area contributed by atoms with Gasteiger partial charge in [-0.05, 0) is 48.1 Å². The molecule has 0 unspecified atom stereocenters. The molecule has 3 aromatic heterocycles. The lowest BCUT2D eigenvalue weighted by molar-refractivity contribution is 0.135. The zero-order chi connectivity index (χ0) is 28.1. The quantitative estimate of drug-likeness (QED) is 0.277. The summed E-state index contributed by atoms with van der Waals surface area (Å²) in [6, 6.07) is 6.43. The van der Waals surface area contributed by atoms with Crippen LogP contribution >= 0.6 is 11.3 Å². The van der Waals surface area contributed by atoms with Crippen LogP contribution in [-0.4, -0.2) is 23.1 Å². The molecule has 0 bridgehead atoms. The van der Waals surface area contributed by atoms with Gasteiger partial charge in [-0.3, -0.25) is 4.98 Å². The van der Waals surface area contributed by atoms with E-state index in [4.69, 9.17) is 15.5 Å². The number of nitrogen functional groups attached to an aromatic ring is 1. The Labute approximate surface area is 234 Å². The van der Waals surface area contributed by atoms with Crippen molar-refractivity contribution in [3.63, 3.8) is 0 Å². The van der Waals surface area contributed by atoms with E-state index in [0.717, 1.165) is 69.8 Å². The largest absolute Gasteiger partial charge is 0.389 e. The Balaban J connectivity index is 0.000000541. The first-order valence-corrected chi connectivity index (χ1v) is 14.9. The fraction of sp³-hybridized carbons (Fsp3) is 0.452. The zero-order valence-electron chi connectivity index (χ0n) is 23.7. The summed E-state index contributed by atoms with van der Waals surface area (Å²) < 4.78 is 20.9. The Hall–Kier alpha value is -3.28. The van der Waals surface area contributed by atoms with Crippen molar-refractivity contribution >= 4 is 43.1 Å². The summed E-state index contributed by atoms with van der Waals surface area (Å²) in [6.45, 7) is 13.4. The molecule has 6 nitrogen and oxygen atoms in total. The number of aryl methyl sites for hydroxylation is 1. The fourth-order valence-corrected chi connectivity index (χ4v) is 6.18. The molecule has 1 aromatic carbocycles. The van der Waals surface area contributed by atoms with Crippen LogP contribution in [0.1, 0.15) is 82.6 Å². The molecule has 0 spiro atoms. The SMILES string of the molecule is CC.CCCC.CCc1c(-c2ncc(F)c3sc(N)c(C#N)c23)c2c(c3ccc(N4CCCC4)nc13)COC2. The molecule has 0 radical (unpaired) electrons. The van der Waals surface area contributed by atoms with Gasteiger partial charge in [-0.1, -0.05) is 47.5 Å². The van der Waals surface area contributed by atoms with Crippen molar-refractivity contribution in [2.24, 2.45) is 0 Å². The minimum absolute atomic E-state index is 0.283. The van der Waals surface area contributed by atoms with Gasteiger partial charge >= 0.3 is 0 Å². The van der Waals surface area contributed by atoms with E-state index >= 15 is 0 Å². The Bertz CT molecular complexity index is 1520. The first kappa shape index (κ1) is 28.7. The molecule has 2 aliphatic rings. The van der Waals surface area contributed by atoms with Crippen LogP contribution in [0, 0.1) is 17.1 Å². The Morgan fingerprint density at radius 1 is 1.10 bits per heavy atom. The highest BCUT2D eigenvalue weighted by atomic mass is 32.1. The number of hydrogen-bond acceptors (Lipinski definition) is 7. The maximum absolute atomic E-state index is 14.7. The summed E-state index contributed by atoms with van der Waals surface area (Å²) in [4.78, 5) is 12.0. The minimum atomic E-state index is -0.465. The standard InChI is InChI=1S/C25H22FN5OS.C4H10.C2H6/c1-2-13-20(23-21-15(9-27)25(28)33-24(21)18(26)10-29-23)17-12-32-11-16(17)14-5-6-19(30-22(13)14)31-7-3-4-8-31;1-3-4-2;1-2/h5-6,10H,2-4,7-8,11-12,28H2,1H3;3-4H2,1-2H3;1-2H3. The molecule has 206 valence electrons. The minimum Gasteiger partial charge on any atom is -0.389 e. The summed E-state index contributed by atoms with van der Waals surface area (Å²) >= 11 is 1.10. The van der Waals surface area contributed by atoms with E-state index in [0.29, 0.717) is 34.0 Å². The lowest BCUT2D eigenvalue weighted by Gasteiger charge is -2.21. The second-order valence-corrected chi connectivity index (χ2v) is 10.6. The number of hydrogen-bond donors (Lipinski definition) is 1. The van der Waals surface area contributed by atoms with E-state index < -0.39 is 5.82 Å². The highest BCUT2D eigenvalue weighted by molar-refractivity contribution is 7.23. The van der Waals surface area contributed by atoms with Crippen LogP contribution in [0.3, 0.4) is 0 Å². The molecule has 2 N–H and O–H groups in total. The number of rotatable bonds is 4. The van der Waals surface area contributed by atoms with Gasteiger partial charge in [0.05, 0.1) is 40.9 Å². The van der Waals surface area contributed by atoms with E-state index in [-0.39, 0.29) is 5.56 Å². The highest BCUT2D eigenvalue weighted by Gasteiger charge is 2.29. The zero-order valence-corrected chi connectivity index (χ0v) is 24.5. The van der Waals surface area contributed by atoms with Gasteiger partial charge in [0.15, 0.2) is 5.82 Å². The van der Waals surface area contributed by atoms with Crippen molar-refractivity contribution < 1.29 is 9.13 Å². The Morgan fingerprint density at radius 2 is 1.79 bits per heavy atom. The van der Waals surface area contributed by atoms with Gasteiger partial charge in [0.25, 0.3) is 0 Å². The van der Waals surface area contributed by atoms with Crippen molar-refractivity contribution in [3.8, 4) is 17.3 Å². The molecular weight excluding hydrogens is 509 g/mol. The summed E-state index contributed by atoms with van der Waals surface area (Å²) in [7, 11) is 0. The third-order valence-electron chi connectivity index (χ3n) is 7.28. The molecule has 4 aromatic rings. The van der Waals surface area contributed by atoms with Gasteiger partial charge in [-0.15, -0.1) is 11.3 Å². The topological polar surface area (TPSA) is 88.1 Å². The van der Waals surface area contributed by atoms with Gasteiger partial charge in [0, 0.05) is 29.4 Å². The molecule has 8 heteroatoms. The lowest BCUT2D eigenvalue weighted by Crippen LogP contribution is -2.19. The summed E-state index contributed by atoms with van der Waals surface area (Å²) in [5.41, 5.74) is 12.0. The van der Waals surface area contributed by atoms with Crippen LogP contribution in [0.25, 0.3) is 32.2 Å². The Morgan fingerprint density at radius 3 is 2.44 bits per heavy atom. The predicted molar refractivity (Wildman–Crippen MR) is 161 cm³/mol. The van der Waals surface area contributed by atoms with Gasteiger partial charge in [-0.25, -0.2) is 9.37 Å². The molecule has 0 atom stereocenters. The lowest BCUT2D eigenvalue weighted by atomic mass is 9.88. The molecule has 5 heterocycles. The second kappa shape index (κ2) is 12.7. The summed E-state index contributed by atoms with van der Waals surface area (Å²) in [5.74, 6) is 0.516. The number of benzene rings is 1. The van der Waals surface area contributed by atoms with E-state index in [9.17, 15) is 9.65 Å². The predicted octanol–water partition coefficient (Wildman–Crippen LogP) is 8.13. The van der Waals surface area contributed by atoms with E-state index in [1.54, 1.807) is 0 Å². The van der Waals surface area contributed by atoms with Crippen molar-refractivity contribution in [2.75, 3.05) is 23.7 Å². The monoisotopic (exact) mass is 547 g/mol. The van der Waals surface area contributed by atoms with Crippen molar-refractivity contribution in [2.45, 2.75) is 79.9 Å². The van der Waals surface area contributed by atoms with Gasteiger partial charge in [-0.2, -0.15) is 5.26 Å². The summed E-state index contributed by atoms with van der Waals surface area (Å²) in [6.07, 6.45) is 6.95. The number of aromatic nitrogens is 2. The van der Waals surface area contributed by atoms with Gasteiger partial charge < -0.3 is 15.4 Å². The van der Waals surface area contributed by atoms with Crippen molar-refractivity contribution in [1.29, 1.82) is 5.26 Å². The normalized spacial score (nSPS) is 14.0. The van der Waals surface area contributed by atoms with Crippen molar-refractivity contribution in [1.82, 2.24) is 9.97 Å². The second-order valence-electron chi connectivity index (χ2n) is 9.53. The van der Waals surface area contributed by atoms with Gasteiger partial charge in [0.1, 0.15) is 16.9 Å². The number of nitriles is 1. The number of unbranched alkanes of at least 4 members (excludes halogenated alkanes) is 1. The number of nitrogens with zero attached hydrogens (tertiary/aromatic N) is 4. The molecule has 0 aliphatic carbocycles. The number of pyridine rings is 2. The van der Waals surface area contributed by atoms with Crippen LogP contribution in [0.5, 0.6) is 0 Å². The maximum atomic E-state index is 14.7. The number of ether oxygens (including phenoxy) is 1. The number of halogens is 1. The highest BCUT2D eigenvalue weighted by Crippen LogP contribution is 2.46. The molecule has 0 amide bonds. The van der Waals surface area contributed by atoms with Crippen LogP contribution < -0.4 is 10.6 Å². The number of anilines is 2. The van der Waals surface area contributed by atoms with Crippen molar-refractivity contribution in [3.05, 3.63) is 46.4 Å². The average molecular weight is 548 g/mol. The molecule has 2 aliphatic heterocycles. The van der Waals surface area contributed by atoms with E-state index in [1.165, 1.54) is 31.9 Å². The summed E-state index contributed by atoms with van der Waals surface area (Å²) in [5, 5.41) is 11.7. The molecule has 6 rings (SSSR count). The maximum Gasteiger partial charge on any atom is 0.159 e. The van der Waals surface area contributed by atoms with Gasteiger partial charge in [0.2, 0.25) is 0 Å². The molecule has 39 heavy (non-hydrogen) atoms. The van der Waals surface area contributed by atoms with Crippen LogP contribution in [0.4, 0.5) is 15.2 Å². The number of thiophene rings is 1. The molecular formula is C31H38FN5OS. The van der Waals surface area contributed by atoms with E-state index in [1.807, 2.05) is 13.8 Å². The number of nitrogens with two attached hydrogens (primary N) is 1. The third kappa shape index (κ3) is 5.18.